The molecule has 1 aromatic rings. The van der Waals surface area contributed by atoms with Crippen LogP contribution in [0, 0.1) is 0 Å². The van der Waals surface area contributed by atoms with Crippen LogP contribution in [0.5, 0.6) is 17.2 Å². The largest absolute Gasteiger partial charge is 0.491 e. The number of carbonyl (C=O) groups excluding carboxylic acids is 2. The number of halogens is 2. The maximum atomic E-state index is 12.8. The lowest BCUT2D eigenvalue weighted by Crippen LogP contribution is -2.36. The van der Waals surface area contributed by atoms with Gasteiger partial charge in [0.05, 0.1) is 32.9 Å². The second-order valence-corrected chi connectivity index (χ2v) is 5.70. The normalized spacial score (nSPS) is 17.1. The van der Waals surface area contributed by atoms with E-state index in [1.165, 1.54) is 26.2 Å². The summed E-state index contributed by atoms with van der Waals surface area (Å²) in [5.41, 5.74) is 0.0385. The minimum Gasteiger partial charge on any atom is -0.491 e. The molecule has 126 valence electrons. The molecule has 8 heteroatoms. The van der Waals surface area contributed by atoms with Crippen LogP contribution in [0.2, 0.25) is 10.0 Å². The number of ether oxygens (including phenoxy) is 3. The van der Waals surface area contributed by atoms with Gasteiger partial charge in [0, 0.05) is 6.54 Å². The SMILES string of the molecule is COc1c(Cl)c(C(=O)N2CCCC2C=O)c(Cl)c(OC)c1OC. The molecule has 6 nitrogen and oxygen atoms in total. The molecule has 1 unspecified atom stereocenters. The number of aldehydes is 1. The van der Waals surface area contributed by atoms with Gasteiger partial charge in [-0.2, -0.15) is 0 Å². The van der Waals surface area contributed by atoms with Crippen molar-refractivity contribution in [3.05, 3.63) is 15.6 Å². The van der Waals surface area contributed by atoms with Gasteiger partial charge in [-0.3, -0.25) is 4.79 Å². The number of hydrogen-bond donors (Lipinski definition) is 0. The van der Waals surface area contributed by atoms with Crippen molar-refractivity contribution in [3.8, 4) is 17.2 Å². The van der Waals surface area contributed by atoms with E-state index >= 15 is 0 Å². The van der Waals surface area contributed by atoms with Gasteiger partial charge in [-0.15, -0.1) is 0 Å². The molecule has 1 aromatic carbocycles. The van der Waals surface area contributed by atoms with Gasteiger partial charge in [0.15, 0.2) is 11.5 Å². The predicted molar refractivity (Wildman–Crippen MR) is 86.2 cm³/mol. The number of amides is 1. The molecule has 0 spiro atoms. The number of likely N-dealkylation sites (tertiary alicyclic amines) is 1. The molecule has 1 aliphatic heterocycles. The summed E-state index contributed by atoms with van der Waals surface area (Å²) in [6.45, 7) is 0.464. The maximum absolute atomic E-state index is 12.8. The summed E-state index contributed by atoms with van der Waals surface area (Å²) in [5.74, 6) is 0.0741. The van der Waals surface area contributed by atoms with Crippen molar-refractivity contribution in [1.29, 1.82) is 0 Å². The third kappa shape index (κ3) is 2.93. The Kier molecular flexibility index (Phi) is 5.59. The second kappa shape index (κ2) is 7.27. The molecule has 1 fully saturated rings. The van der Waals surface area contributed by atoms with Crippen molar-refractivity contribution < 1.29 is 23.8 Å². The molecule has 0 bridgehead atoms. The first-order valence-electron chi connectivity index (χ1n) is 6.94. The van der Waals surface area contributed by atoms with Crippen molar-refractivity contribution in [2.24, 2.45) is 0 Å². The van der Waals surface area contributed by atoms with Gasteiger partial charge in [-0.1, -0.05) is 23.2 Å². The van der Waals surface area contributed by atoms with Crippen LogP contribution >= 0.6 is 23.2 Å². The zero-order valence-corrected chi connectivity index (χ0v) is 14.5. The third-order valence-electron chi connectivity index (χ3n) is 3.79. The zero-order valence-electron chi connectivity index (χ0n) is 13.0. The van der Waals surface area contributed by atoms with Crippen LogP contribution in [-0.4, -0.2) is 51.0 Å². The van der Waals surface area contributed by atoms with Crippen LogP contribution in [0.25, 0.3) is 0 Å². The monoisotopic (exact) mass is 361 g/mol. The van der Waals surface area contributed by atoms with E-state index in [1.54, 1.807) is 0 Å². The molecule has 2 rings (SSSR count). The number of carbonyl (C=O) groups is 2. The van der Waals surface area contributed by atoms with E-state index in [1.807, 2.05) is 0 Å². The van der Waals surface area contributed by atoms with E-state index in [-0.39, 0.29) is 32.9 Å². The van der Waals surface area contributed by atoms with Crippen molar-refractivity contribution in [2.45, 2.75) is 18.9 Å². The number of rotatable bonds is 5. The highest BCUT2D eigenvalue weighted by Gasteiger charge is 2.35. The Morgan fingerprint density at radius 1 is 1.09 bits per heavy atom. The minimum absolute atomic E-state index is 0.0247. The van der Waals surface area contributed by atoms with Gasteiger partial charge in [-0.05, 0) is 12.8 Å². The Hall–Kier alpha value is -1.66. The van der Waals surface area contributed by atoms with E-state index < -0.39 is 11.9 Å². The molecular formula is C15H17Cl2NO5. The van der Waals surface area contributed by atoms with Crippen LogP contribution in [0.3, 0.4) is 0 Å². The third-order valence-corrected chi connectivity index (χ3v) is 4.51. The lowest BCUT2D eigenvalue weighted by atomic mass is 10.1. The Morgan fingerprint density at radius 2 is 1.61 bits per heavy atom. The molecular weight excluding hydrogens is 345 g/mol. The summed E-state index contributed by atoms with van der Waals surface area (Å²) in [6.07, 6.45) is 2.12. The van der Waals surface area contributed by atoms with E-state index in [0.717, 1.165) is 12.7 Å². The highest BCUT2D eigenvalue weighted by Crippen LogP contribution is 2.50. The summed E-state index contributed by atoms with van der Waals surface area (Å²) in [4.78, 5) is 25.4. The van der Waals surface area contributed by atoms with E-state index in [0.29, 0.717) is 13.0 Å². The topological polar surface area (TPSA) is 65.1 Å². The molecule has 1 amide bonds. The molecule has 1 atom stereocenters. The van der Waals surface area contributed by atoms with Crippen molar-refractivity contribution >= 4 is 35.4 Å². The molecule has 0 radical (unpaired) electrons. The first-order chi connectivity index (χ1) is 11.0. The quantitative estimate of drug-likeness (QED) is 0.754. The molecule has 1 heterocycles. The fraction of sp³-hybridized carbons (Fsp3) is 0.467. The smallest absolute Gasteiger partial charge is 0.257 e. The Balaban J connectivity index is 2.62. The first-order valence-corrected chi connectivity index (χ1v) is 7.70. The van der Waals surface area contributed by atoms with E-state index in [9.17, 15) is 9.59 Å². The molecule has 23 heavy (non-hydrogen) atoms. The van der Waals surface area contributed by atoms with Crippen LogP contribution < -0.4 is 14.2 Å². The molecule has 1 aliphatic rings. The Morgan fingerprint density at radius 3 is 2.04 bits per heavy atom. The minimum atomic E-state index is -0.478. The molecule has 0 aliphatic carbocycles. The summed E-state index contributed by atoms with van der Waals surface area (Å²) in [5, 5.41) is 0.0494. The fourth-order valence-corrected chi connectivity index (χ4v) is 3.42. The Bertz CT molecular complexity index is 604. The summed E-state index contributed by atoms with van der Waals surface area (Å²) in [6, 6.07) is -0.478. The number of hydrogen-bond acceptors (Lipinski definition) is 5. The van der Waals surface area contributed by atoms with E-state index in [2.05, 4.69) is 0 Å². The zero-order chi connectivity index (χ0) is 17.1. The van der Waals surface area contributed by atoms with Gasteiger partial charge < -0.3 is 23.9 Å². The van der Waals surface area contributed by atoms with Crippen molar-refractivity contribution in [1.82, 2.24) is 4.90 Å². The summed E-state index contributed by atoms with van der Waals surface area (Å²) in [7, 11) is 4.21. The Labute approximate surface area is 144 Å². The highest BCUT2D eigenvalue weighted by atomic mass is 35.5. The van der Waals surface area contributed by atoms with Gasteiger partial charge in [0.2, 0.25) is 5.75 Å². The summed E-state index contributed by atoms with van der Waals surface area (Å²) < 4.78 is 15.7. The molecule has 0 aromatic heterocycles. The molecule has 1 saturated heterocycles. The van der Waals surface area contributed by atoms with Crippen LogP contribution in [0.4, 0.5) is 0 Å². The lowest BCUT2D eigenvalue weighted by molar-refractivity contribution is -0.111. The highest BCUT2D eigenvalue weighted by molar-refractivity contribution is 6.42. The number of nitrogens with zero attached hydrogens (tertiary/aromatic N) is 1. The van der Waals surface area contributed by atoms with Crippen LogP contribution in [0.1, 0.15) is 23.2 Å². The van der Waals surface area contributed by atoms with E-state index in [4.69, 9.17) is 37.4 Å². The van der Waals surface area contributed by atoms with Crippen molar-refractivity contribution in [2.75, 3.05) is 27.9 Å². The van der Waals surface area contributed by atoms with Crippen molar-refractivity contribution in [3.63, 3.8) is 0 Å². The number of methoxy groups -OCH3 is 3. The second-order valence-electron chi connectivity index (χ2n) is 4.95. The standard InChI is InChI=1S/C15H17Cl2NO5/c1-21-12-10(16)9(11(17)13(22-2)14(12)23-3)15(20)18-6-4-5-8(18)7-19/h7-8H,4-6H2,1-3H3. The molecule has 0 N–H and O–H groups in total. The van der Waals surface area contributed by atoms with Gasteiger partial charge >= 0.3 is 0 Å². The van der Waals surface area contributed by atoms with Crippen LogP contribution in [-0.2, 0) is 4.79 Å². The summed E-state index contributed by atoms with van der Waals surface area (Å²) >= 11 is 12.6. The fourth-order valence-electron chi connectivity index (χ4n) is 2.69. The lowest BCUT2D eigenvalue weighted by Gasteiger charge is -2.24. The molecule has 0 saturated carbocycles. The van der Waals surface area contributed by atoms with Gasteiger partial charge in [-0.25, -0.2) is 0 Å². The number of benzene rings is 1. The average Bonchev–Trinajstić information content (AvgIpc) is 3.02. The maximum Gasteiger partial charge on any atom is 0.257 e. The van der Waals surface area contributed by atoms with Gasteiger partial charge in [0.1, 0.15) is 16.3 Å². The average molecular weight is 362 g/mol. The van der Waals surface area contributed by atoms with Gasteiger partial charge in [0.25, 0.3) is 5.91 Å². The predicted octanol–water partition coefficient (Wildman–Crippen LogP) is 2.82. The first kappa shape index (κ1) is 17.7. The van der Waals surface area contributed by atoms with Crippen LogP contribution in [0.15, 0.2) is 0 Å².